The van der Waals surface area contributed by atoms with Crippen LogP contribution in [-0.2, 0) is 6.18 Å². The minimum absolute atomic E-state index is 0.165. The van der Waals surface area contributed by atoms with Crippen molar-refractivity contribution in [1.82, 2.24) is 9.97 Å². The Morgan fingerprint density at radius 2 is 1.78 bits per heavy atom. The summed E-state index contributed by atoms with van der Waals surface area (Å²) in [6.45, 7) is 0. The Hall–Kier alpha value is -1.53. The van der Waals surface area contributed by atoms with Crippen molar-refractivity contribution in [3.63, 3.8) is 0 Å². The van der Waals surface area contributed by atoms with Crippen LogP contribution in [0.2, 0.25) is 0 Å². The fourth-order valence-electron chi connectivity index (χ4n) is 2.06. The van der Waals surface area contributed by atoms with E-state index in [9.17, 15) is 13.2 Å². The molecule has 0 amide bonds. The van der Waals surface area contributed by atoms with Crippen molar-refractivity contribution < 1.29 is 13.2 Å². The first-order chi connectivity index (χ1) is 8.49. The zero-order chi connectivity index (χ0) is 13.2. The summed E-state index contributed by atoms with van der Waals surface area (Å²) in [5, 5.41) is 5.65. The third-order valence-electron chi connectivity index (χ3n) is 2.94. The second-order valence-corrected chi connectivity index (χ2v) is 4.34. The molecule has 18 heavy (non-hydrogen) atoms. The van der Waals surface area contributed by atoms with Crippen LogP contribution in [0.4, 0.5) is 24.8 Å². The van der Waals surface area contributed by atoms with Crippen LogP contribution in [0.25, 0.3) is 0 Å². The molecule has 0 radical (unpaired) electrons. The van der Waals surface area contributed by atoms with Gasteiger partial charge in [-0.1, -0.05) is 12.8 Å². The van der Waals surface area contributed by atoms with Gasteiger partial charge in [-0.2, -0.15) is 13.2 Å². The predicted octanol–water partition coefficient (Wildman–Crippen LogP) is 2.89. The van der Waals surface area contributed by atoms with Crippen molar-refractivity contribution in [3.05, 3.63) is 11.9 Å². The molecule has 2 N–H and O–H groups in total. The molecule has 1 fully saturated rings. The largest absolute Gasteiger partial charge is 0.451 e. The second-order valence-electron chi connectivity index (χ2n) is 4.34. The maximum atomic E-state index is 12.6. The van der Waals surface area contributed by atoms with Gasteiger partial charge < -0.3 is 10.6 Å². The molecule has 0 spiro atoms. The highest BCUT2D eigenvalue weighted by Crippen LogP contribution is 2.29. The van der Waals surface area contributed by atoms with E-state index in [2.05, 4.69) is 20.6 Å². The molecule has 1 saturated carbocycles. The summed E-state index contributed by atoms with van der Waals surface area (Å²) in [5.41, 5.74) is 0. The number of nitrogens with zero attached hydrogens (tertiary/aromatic N) is 2. The van der Waals surface area contributed by atoms with E-state index in [-0.39, 0.29) is 17.7 Å². The molecule has 0 unspecified atom stereocenters. The highest BCUT2D eigenvalue weighted by Gasteiger charge is 2.35. The number of anilines is 2. The van der Waals surface area contributed by atoms with Crippen LogP contribution in [0, 0.1) is 0 Å². The number of hydrogen-bond acceptors (Lipinski definition) is 4. The lowest BCUT2D eigenvalue weighted by atomic mass is 10.2. The van der Waals surface area contributed by atoms with Gasteiger partial charge in [0.05, 0.1) is 0 Å². The first kappa shape index (κ1) is 12.9. The van der Waals surface area contributed by atoms with E-state index in [1.54, 1.807) is 0 Å². The molecule has 1 heterocycles. The van der Waals surface area contributed by atoms with Crippen LogP contribution in [-0.4, -0.2) is 23.1 Å². The monoisotopic (exact) mass is 260 g/mol. The van der Waals surface area contributed by atoms with E-state index in [1.165, 1.54) is 13.1 Å². The van der Waals surface area contributed by atoms with Crippen LogP contribution in [0.3, 0.4) is 0 Å². The summed E-state index contributed by atoms with van der Waals surface area (Å²) in [4.78, 5) is 6.94. The molecule has 1 aliphatic carbocycles. The number of rotatable bonds is 3. The number of hydrogen-bond donors (Lipinski definition) is 2. The van der Waals surface area contributed by atoms with Gasteiger partial charge in [0.2, 0.25) is 5.82 Å². The van der Waals surface area contributed by atoms with E-state index < -0.39 is 12.0 Å². The number of aromatic nitrogens is 2. The highest BCUT2D eigenvalue weighted by molar-refractivity contribution is 5.48. The zero-order valence-electron chi connectivity index (χ0n) is 10.0. The van der Waals surface area contributed by atoms with Gasteiger partial charge in [-0.05, 0) is 12.8 Å². The molecule has 1 aromatic rings. The van der Waals surface area contributed by atoms with Crippen molar-refractivity contribution in [2.45, 2.75) is 37.9 Å². The lowest BCUT2D eigenvalue weighted by Gasteiger charge is -2.15. The first-order valence-corrected chi connectivity index (χ1v) is 5.89. The van der Waals surface area contributed by atoms with Crippen molar-refractivity contribution >= 4 is 11.6 Å². The fourth-order valence-corrected chi connectivity index (χ4v) is 2.06. The van der Waals surface area contributed by atoms with Gasteiger partial charge in [-0.25, -0.2) is 9.97 Å². The summed E-state index contributed by atoms with van der Waals surface area (Å²) in [6, 6.07) is 1.71. The number of halogens is 3. The Morgan fingerprint density at radius 1 is 1.17 bits per heavy atom. The summed E-state index contributed by atoms with van der Waals surface area (Å²) in [5.74, 6) is -0.721. The fraction of sp³-hybridized carbons (Fsp3) is 0.636. The molecule has 0 aromatic carbocycles. The van der Waals surface area contributed by atoms with Crippen molar-refractivity contribution in [2.75, 3.05) is 17.7 Å². The van der Waals surface area contributed by atoms with Gasteiger partial charge in [0.1, 0.15) is 11.6 Å². The van der Waals surface area contributed by atoms with Gasteiger partial charge in [-0.15, -0.1) is 0 Å². The average molecular weight is 260 g/mol. The standard InChI is InChI=1S/C11H15F3N4/c1-15-8-6-9(16-7-4-2-3-5-7)18-10(17-8)11(12,13)14/h6-7H,2-5H2,1H3,(H2,15,16,17,18). The Morgan fingerprint density at radius 3 is 2.33 bits per heavy atom. The highest BCUT2D eigenvalue weighted by atomic mass is 19.4. The summed E-state index contributed by atoms with van der Waals surface area (Å²) < 4.78 is 37.9. The molecule has 0 atom stereocenters. The van der Waals surface area contributed by atoms with Crippen molar-refractivity contribution in [1.29, 1.82) is 0 Å². The van der Waals surface area contributed by atoms with Gasteiger partial charge in [-0.3, -0.25) is 0 Å². The molecule has 0 aliphatic heterocycles. The van der Waals surface area contributed by atoms with Gasteiger partial charge in [0, 0.05) is 19.2 Å². The zero-order valence-corrected chi connectivity index (χ0v) is 10.0. The van der Waals surface area contributed by atoms with E-state index in [0.29, 0.717) is 0 Å². The predicted molar refractivity (Wildman–Crippen MR) is 62.5 cm³/mol. The van der Waals surface area contributed by atoms with Crippen molar-refractivity contribution in [3.8, 4) is 0 Å². The third-order valence-corrected chi connectivity index (χ3v) is 2.94. The van der Waals surface area contributed by atoms with Crippen LogP contribution in [0.15, 0.2) is 6.07 Å². The first-order valence-electron chi connectivity index (χ1n) is 5.89. The molecule has 2 rings (SSSR count). The smallest absolute Gasteiger partial charge is 0.373 e. The van der Waals surface area contributed by atoms with Crippen LogP contribution >= 0.6 is 0 Å². The summed E-state index contributed by atoms with van der Waals surface area (Å²) in [7, 11) is 1.53. The molecular weight excluding hydrogens is 245 g/mol. The van der Waals surface area contributed by atoms with E-state index >= 15 is 0 Å². The molecule has 1 aromatic heterocycles. The van der Waals surface area contributed by atoms with Crippen LogP contribution in [0.1, 0.15) is 31.5 Å². The van der Waals surface area contributed by atoms with E-state index in [4.69, 9.17) is 0 Å². The molecule has 1 aliphatic rings. The van der Waals surface area contributed by atoms with Crippen LogP contribution < -0.4 is 10.6 Å². The molecular formula is C11H15F3N4. The lowest BCUT2D eigenvalue weighted by molar-refractivity contribution is -0.144. The molecule has 100 valence electrons. The summed E-state index contributed by atoms with van der Waals surface area (Å²) in [6.07, 6.45) is -0.374. The maximum Gasteiger partial charge on any atom is 0.451 e. The topological polar surface area (TPSA) is 49.8 Å². The minimum atomic E-state index is -4.53. The number of nitrogens with one attached hydrogen (secondary N) is 2. The van der Waals surface area contributed by atoms with Gasteiger partial charge in [0.15, 0.2) is 0 Å². The third kappa shape index (κ3) is 3.02. The SMILES string of the molecule is CNc1cc(NC2CCCC2)nc(C(F)(F)F)n1. The molecule has 0 saturated heterocycles. The molecule has 7 heteroatoms. The Balaban J connectivity index is 2.23. The van der Waals surface area contributed by atoms with Crippen LogP contribution in [0.5, 0.6) is 0 Å². The Labute approximate surface area is 103 Å². The van der Waals surface area contributed by atoms with Crippen molar-refractivity contribution in [2.24, 2.45) is 0 Å². The summed E-state index contributed by atoms with van der Waals surface area (Å²) >= 11 is 0. The molecule has 0 bridgehead atoms. The van der Waals surface area contributed by atoms with E-state index in [0.717, 1.165) is 25.7 Å². The lowest BCUT2D eigenvalue weighted by Crippen LogP contribution is -2.19. The van der Waals surface area contributed by atoms with Gasteiger partial charge in [0.25, 0.3) is 0 Å². The Bertz CT molecular complexity index is 413. The second kappa shape index (κ2) is 4.99. The molecule has 4 nitrogen and oxygen atoms in total. The quantitative estimate of drug-likeness (QED) is 0.877. The van der Waals surface area contributed by atoms with E-state index in [1.807, 2.05) is 0 Å². The Kier molecular flexibility index (Phi) is 3.58. The maximum absolute atomic E-state index is 12.6. The van der Waals surface area contributed by atoms with Gasteiger partial charge >= 0.3 is 6.18 Å². The average Bonchev–Trinajstić information content (AvgIpc) is 2.80. The normalized spacial score (nSPS) is 16.9. The minimum Gasteiger partial charge on any atom is -0.373 e. The number of alkyl halides is 3.